The Kier molecular flexibility index (Phi) is 6.28. The second-order valence-corrected chi connectivity index (χ2v) is 8.44. The maximum absolute atomic E-state index is 13.4. The predicted octanol–water partition coefficient (Wildman–Crippen LogP) is 6.37. The van der Waals surface area contributed by atoms with Crippen LogP contribution in [0.2, 0.25) is 0 Å². The molecule has 3 aromatic rings. The molecular weight excluding hydrogens is 409 g/mol. The molecule has 1 N–H and O–H groups in total. The van der Waals surface area contributed by atoms with Crippen molar-refractivity contribution >= 4 is 45.5 Å². The lowest BCUT2D eigenvalue weighted by Gasteiger charge is -2.10. The van der Waals surface area contributed by atoms with Crippen molar-refractivity contribution in [1.29, 1.82) is 0 Å². The molecule has 3 aromatic carbocycles. The highest BCUT2D eigenvalue weighted by Gasteiger charge is 2.17. The van der Waals surface area contributed by atoms with Gasteiger partial charge in [-0.3, -0.25) is 9.79 Å². The SMILES string of the molecule is Cc1ccc(C)c(NC(=O)CSC2=Nc3ccccc3N=C(c3ccc(F)cc3)C2)c1. The summed E-state index contributed by atoms with van der Waals surface area (Å²) in [6.07, 6.45) is 0.474. The van der Waals surface area contributed by atoms with Crippen molar-refractivity contribution in [3.8, 4) is 0 Å². The van der Waals surface area contributed by atoms with E-state index < -0.39 is 0 Å². The maximum atomic E-state index is 13.4. The number of halogens is 1. The molecule has 0 saturated heterocycles. The van der Waals surface area contributed by atoms with Gasteiger partial charge in [0.15, 0.2) is 0 Å². The highest BCUT2D eigenvalue weighted by atomic mass is 32.2. The number of fused-ring (bicyclic) bond motifs is 1. The van der Waals surface area contributed by atoms with Gasteiger partial charge in [-0.1, -0.05) is 36.4 Å². The molecule has 0 aliphatic carbocycles. The van der Waals surface area contributed by atoms with E-state index in [2.05, 4.69) is 5.32 Å². The fourth-order valence-corrected chi connectivity index (χ4v) is 4.02. The number of nitrogens with zero attached hydrogens (tertiary/aromatic N) is 2. The number of carbonyl (C=O) groups excluding carboxylic acids is 1. The zero-order chi connectivity index (χ0) is 21.8. The van der Waals surface area contributed by atoms with Gasteiger partial charge in [-0.05, 0) is 60.9 Å². The minimum Gasteiger partial charge on any atom is -0.325 e. The Morgan fingerprint density at radius 2 is 1.71 bits per heavy atom. The third-order valence-corrected chi connectivity index (χ3v) is 5.89. The van der Waals surface area contributed by atoms with Crippen LogP contribution in [0.4, 0.5) is 21.5 Å². The van der Waals surface area contributed by atoms with Crippen LogP contribution in [0.3, 0.4) is 0 Å². The molecule has 0 aromatic heterocycles. The molecule has 0 spiro atoms. The highest BCUT2D eigenvalue weighted by molar-refractivity contribution is 8.14. The molecule has 4 rings (SSSR count). The molecule has 1 aliphatic heterocycles. The number of thioether (sulfide) groups is 1. The third-order valence-electron chi connectivity index (χ3n) is 4.92. The maximum Gasteiger partial charge on any atom is 0.234 e. The van der Waals surface area contributed by atoms with Crippen molar-refractivity contribution < 1.29 is 9.18 Å². The average molecular weight is 432 g/mol. The molecule has 1 aliphatic rings. The second kappa shape index (κ2) is 9.27. The lowest BCUT2D eigenvalue weighted by atomic mass is 10.1. The Balaban J connectivity index is 1.53. The monoisotopic (exact) mass is 431 g/mol. The summed E-state index contributed by atoms with van der Waals surface area (Å²) < 4.78 is 13.4. The van der Waals surface area contributed by atoms with Gasteiger partial charge in [0.05, 0.1) is 27.9 Å². The van der Waals surface area contributed by atoms with E-state index >= 15 is 0 Å². The van der Waals surface area contributed by atoms with Crippen LogP contribution < -0.4 is 5.32 Å². The molecule has 0 unspecified atom stereocenters. The first kappa shape index (κ1) is 21.0. The Morgan fingerprint density at radius 1 is 1.00 bits per heavy atom. The first-order valence-electron chi connectivity index (χ1n) is 9.98. The first-order valence-corrected chi connectivity index (χ1v) is 11.0. The topological polar surface area (TPSA) is 53.8 Å². The molecular formula is C25H22FN3OS. The zero-order valence-electron chi connectivity index (χ0n) is 17.4. The molecule has 0 fully saturated rings. The van der Waals surface area contributed by atoms with E-state index in [1.54, 1.807) is 12.1 Å². The number of benzene rings is 3. The minimum absolute atomic E-state index is 0.0841. The Hall–Kier alpha value is -3.25. The lowest BCUT2D eigenvalue weighted by molar-refractivity contribution is -0.113. The van der Waals surface area contributed by atoms with Gasteiger partial charge in [-0.2, -0.15) is 0 Å². The van der Waals surface area contributed by atoms with Gasteiger partial charge in [-0.15, -0.1) is 11.8 Å². The smallest absolute Gasteiger partial charge is 0.234 e. The van der Waals surface area contributed by atoms with E-state index in [9.17, 15) is 9.18 Å². The fraction of sp³-hybridized carbons (Fsp3) is 0.160. The summed E-state index contributed by atoms with van der Waals surface area (Å²) >= 11 is 1.40. The van der Waals surface area contributed by atoms with Gasteiger partial charge in [0.25, 0.3) is 0 Å². The third kappa shape index (κ3) is 5.27. The van der Waals surface area contributed by atoms with Crippen LogP contribution in [0.5, 0.6) is 0 Å². The van der Waals surface area contributed by atoms with Crippen LogP contribution in [0.15, 0.2) is 76.7 Å². The summed E-state index contributed by atoms with van der Waals surface area (Å²) in [5.41, 5.74) is 6.10. The van der Waals surface area contributed by atoms with Gasteiger partial charge >= 0.3 is 0 Å². The van der Waals surface area contributed by atoms with Crippen LogP contribution in [0, 0.1) is 19.7 Å². The Morgan fingerprint density at radius 3 is 2.45 bits per heavy atom. The lowest BCUT2D eigenvalue weighted by Crippen LogP contribution is -2.17. The number of para-hydroxylation sites is 2. The van der Waals surface area contributed by atoms with Gasteiger partial charge in [0, 0.05) is 12.1 Å². The molecule has 0 bridgehead atoms. The van der Waals surface area contributed by atoms with Crippen LogP contribution in [-0.2, 0) is 4.79 Å². The van der Waals surface area contributed by atoms with Crippen molar-refractivity contribution in [2.45, 2.75) is 20.3 Å². The highest BCUT2D eigenvalue weighted by Crippen LogP contribution is 2.33. The quantitative estimate of drug-likeness (QED) is 0.522. The van der Waals surface area contributed by atoms with Crippen LogP contribution >= 0.6 is 11.8 Å². The Bertz CT molecular complexity index is 1190. The fourth-order valence-electron chi connectivity index (χ4n) is 3.25. The summed E-state index contributed by atoms with van der Waals surface area (Å²) in [6.45, 7) is 3.97. The number of hydrogen-bond acceptors (Lipinski definition) is 4. The zero-order valence-corrected chi connectivity index (χ0v) is 18.2. The number of aryl methyl sites for hydroxylation is 2. The van der Waals surface area contributed by atoms with E-state index in [-0.39, 0.29) is 17.5 Å². The van der Waals surface area contributed by atoms with Gasteiger partial charge < -0.3 is 5.32 Å². The summed E-state index contributed by atoms with van der Waals surface area (Å²) in [5.74, 6) is -0.130. The largest absolute Gasteiger partial charge is 0.325 e. The number of hydrogen-bond donors (Lipinski definition) is 1. The van der Waals surface area contributed by atoms with Crippen molar-refractivity contribution in [2.75, 3.05) is 11.1 Å². The molecule has 156 valence electrons. The number of nitrogens with one attached hydrogen (secondary N) is 1. The van der Waals surface area contributed by atoms with E-state index in [1.807, 2.05) is 56.3 Å². The summed E-state index contributed by atoms with van der Waals surface area (Å²) in [6, 6.07) is 19.9. The molecule has 1 amide bonds. The standard InChI is InChI=1S/C25H22FN3OS/c1-16-7-8-17(2)22(13-16)28-24(30)15-31-25-14-23(18-9-11-19(26)12-10-18)27-20-5-3-4-6-21(20)29-25/h3-13H,14-15H2,1-2H3,(H,28,30). The first-order chi connectivity index (χ1) is 15.0. The molecule has 0 saturated carbocycles. The van der Waals surface area contributed by atoms with E-state index in [1.165, 1.54) is 23.9 Å². The molecule has 1 heterocycles. The van der Waals surface area contributed by atoms with Crippen LogP contribution in [0.1, 0.15) is 23.1 Å². The van der Waals surface area contributed by atoms with Gasteiger partial charge in [0.2, 0.25) is 5.91 Å². The van der Waals surface area contributed by atoms with E-state index in [0.29, 0.717) is 6.42 Å². The normalized spacial score (nSPS) is 13.0. The summed E-state index contributed by atoms with van der Waals surface area (Å²) in [5, 5.41) is 3.78. The van der Waals surface area contributed by atoms with Crippen molar-refractivity contribution in [3.63, 3.8) is 0 Å². The average Bonchev–Trinajstić information content (AvgIpc) is 2.94. The summed E-state index contributed by atoms with van der Waals surface area (Å²) in [7, 11) is 0. The van der Waals surface area contributed by atoms with Crippen molar-refractivity contribution in [2.24, 2.45) is 9.98 Å². The minimum atomic E-state index is -0.287. The van der Waals surface area contributed by atoms with E-state index in [4.69, 9.17) is 9.98 Å². The number of rotatable bonds is 4. The van der Waals surface area contributed by atoms with Gasteiger partial charge in [-0.25, -0.2) is 9.38 Å². The molecule has 0 radical (unpaired) electrons. The van der Waals surface area contributed by atoms with Crippen LogP contribution in [-0.4, -0.2) is 22.4 Å². The second-order valence-electron chi connectivity index (χ2n) is 7.39. The predicted molar refractivity (Wildman–Crippen MR) is 128 cm³/mol. The van der Waals surface area contributed by atoms with Crippen molar-refractivity contribution in [3.05, 3.63) is 89.2 Å². The molecule has 6 heteroatoms. The molecule has 4 nitrogen and oxygen atoms in total. The number of carbonyl (C=O) groups is 1. The molecule has 0 atom stereocenters. The van der Waals surface area contributed by atoms with Crippen LogP contribution in [0.25, 0.3) is 0 Å². The molecule has 31 heavy (non-hydrogen) atoms. The van der Waals surface area contributed by atoms with E-state index in [0.717, 1.165) is 44.5 Å². The van der Waals surface area contributed by atoms with Gasteiger partial charge in [0.1, 0.15) is 5.82 Å². The number of amides is 1. The summed E-state index contributed by atoms with van der Waals surface area (Å²) in [4.78, 5) is 22.1. The van der Waals surface area contributed by atoms with Crippen molar-refractivity contribution in [1.82, 2.24) is 0 Å². The Labute approximate surface area is 185 Å². The number of aliphatic imine (C=N–C) groups is 2. The number of anilines is 1.